The predicted molar refractivity (Wildman–Crippen MR) is 79.2 cm³/mol. The highest BCUT2D eigenvalue weighted by Gasteiger charge is 2.19. The number of rotatable bonds is 4. The molecule has 0 fully saturated rings. The average Bonchev–Trinajstić information content (AvgIpc) is 2.41. The lowest BCUT2D eigenvalue weighted by Gasteiger charge is -2.15. The number of benzene rings is 2. The maximum atomic E-state index is 13.2. The monoisotopic (exact) mass is 375 g/mol. The summed E-state index contributed by atoms with van der Waals surface area (Å²) in [5.74, 6) is -1.98. The molecule has 2 aromatic rings. The van der Waals surface area contributed by atoms with Gasteiger partial charge in [0.25, 0.3) is 0 Å². The van der Waals surface area contributed by atoms with Gasteiger partial charge in [-0.05, 0) is 48.9 Å². The molecule has 0 saturated carbocycles. The molecule has 112 valence electrons. The van der Waals surface area contributed by atoms with Crippen molar-refractivity contribution < 1.29 is 17.2 Å². The topological polar surface area (TPSA) is 46.2 Å². The molecule has 0 aliphatic rings. The van der Waals surface area contributed by atoms with Gasteiger partial charge in [0.05, 0.1) is 4.90 Å². The molecule has 1 unspecified atom stereocenters. The first-order valence-corrected chi connectivity index (χ1v) is 8.30. The van der Waals surface area contributed by atoms with Gasteiger partial charge in [-0.2, -0.15) is 0 Å². The van der Waals surface area contributed by atoms with Gasteiger partial charge in [0.15, 0.2) is 11.6 Å². The zero-order chi connectivity index (χ0) is 15.6. The summed E-state index contributed by atoms with van der Waals surface area (Å²) in [7, 11) is -3.73. The number of halogens is 3. The zero-order valence-corrected chi connectivity index (χ0v) is 13.4. The molecule has 1 N–H and O–H groups in total. The summed E-state index contributed by atoms with van der Waals surface area (Å²) in [6.45, 7) is 1.56. The van der Waals surface area contributed by atoms with Crippen LogP contribution in [0.4, 0.5) is 8.78 Å². The van der Waals surface area contributed by atoms with Crippen molar-refractivity contribution in [2.75, 3.05) is 0 Å². The van der Waals surface area contributed by atoms with E-state index in [0.29, 0.717) is 5.56 Å². The van der Waals surface area contributed by atoms with Gasteiger partial charge in [0.2, 0.25) is 10.0 Å². The molecule has 0 aliphatic heterocycles. The van der Waals surface area contributed by atoms with E-state index in [1.165, 1.54) is 18.2 Å². The second kappa shape index (κ2) is 6.21. The summed E-state index contributed by atoms with van der Waals surface area (Å²) in [4.78, 5) is 0.0973. The number of hydrogen-bond donors (Lipinski definition) is 1. The minimum absolute atomic E-state index is 0.0973. The van der Waals surface area contributed by atoms with E-state index >= 15 is 0 Å². The van der Waals surface area contributed by atoms with E-state index in [1.54, 1.807) is 19.1 Å². The van der Waals surface area contributed by atoms with Crippen LogP contribution in [-0.2, 0) is 10.0 Å². The van der Waals surface area contributed by atoms with Gasteiger partial charge in [-0.1, -0.05) is 22.0 Å². The first-order valence-electron chi connectivity index (χ1n) is 6.02. The van der Waals surface area contributed by atoms with E-state index in [2.05, 4.69) is 20.7 Å². The van der Waals surface area contributed by atoms with Gasteiger partial charge < -0.3 is 0 Å². The summed E-state index contributed by atoms with van der Waals surface area (Å²) < 4.78 is 53.6. The Morgan fingerprint density at radius 3 is 2.24 bits per heavy atom. The minimum atomic E-state index is -3.73. The Morgan fingerprint density at radius 1 is 1.05 bits per heavy atom. The fraction of sp³-hybridized carbons (Fsp3) is 0.143. The molecular weight excluding hydrogens is 364 g/mol. The second-order valence-electron chi connectivity index (χ2n) is 4.47. The molecule has 21 heavy (non-hydrogen) atoms. The molecule has 1 atom stereocenters. The fourth-order valence-electron chi connectivity index (χ4n) is 1.76. The van der Waals surface area contributed by atoms with Crippen molar-refractivity contribution in [3.8, 4) is 0 Å². The molecular formula is C14H12BrF2NO2S. The Kier molecular flexibility index (Phi) is 4.75. The van der Waals surface area contributed by atoms with Crippen molar-refractivity contribution in [1.82, 2.24) is 4.72 Å². The summed E-state index contributed by atoms with van der Waals surface area (Å²) in [6, 6.07) is 8.71. The van der Waals surface area contributed by atoms with Gasteiger partial charge in [0, 0.05) is 10.5 Å². The molecule has 0 heterocycles. The van der Waals surface area contributed by atoms with Crippen molar-refractivity contribution in [1.29, 1.82) is 0 Å². The van der Waals surface area contributed by atoms with Gasteiger partial charge in [0.1, 0.15) is 0 Å². The average molecular weight is 376 g/mol. The smallest absolute Gasteiger partial charge is 0.207 e. The van der Waals surface area contributed by atoms with Gasteiger partial charge >= 0.3 is 0 Å². The molecule has 0 radical (unpaired) electrons. The van der Waals surface area contributed by atoms with Crippen LogP contribution in [0.1, 0.15) is 18.5 Å². The quantitative estimate of drug-likeness (QED) is 0.883. The summed E-state index contributed by atoms with van der Waals surface area (Å²) in [6.07, 6.45) is 0. The Morgan fingerprint density at radius 2 is 1.67 bits per heavy atom. The maximum absolute atomic E-state index is 13.2. The van der Waals surface area contributed by atoms with E-state index in [1.807, 2.05) is 0 Å². The molecule has 0 aliphatic carbocycles. The molecule has 0 bridgehead atoms. The molecule has 7 heteroatoms. The third-order valence-electron chi connectivity index (χ3n) is 2.90. The fourth-order valence-corrected chi connectivity index (χ4v) is 3.26. The van der Waals surface area contributed by atoms with Crippen molar-refractivity contribution in [2.24, 2.45) is 0 Å². The van der Waals surface area contributed by atoms with Gasteiger partial charge in [-0.15, -0.1) is 0 Å². The van der Waals surface area contributed by atoms with E-state index in [0.717, 1.165) is 16.6 Å². The maximum Gasteiger partial charge on any atom is 0.241 e. The SMILES string of the molecule is CC(NS(=O)(=O)c1ccc(Br)cc1)c1ccc(F)c(F)c1. The summed E-state index contributed by atoms with van der Waals surface area (Å²) in [5, 5.41) is 0. The normalized spacial score (nSPS) is 13.1. The van der Waals surface area contributed by atoms with E-state index in [9.17, 15) is 17.2 Å². The van der Waals surface area contributed by atoms with Crippen LogP contribution in [0.5, 0.6) is 0 Å². The first-order chi connectivity index (χ1) is 9.79. The molecule has 0 saturated heterocycles. The van der Waals surface area contributed by atoms with Crippen LogP contribution in [0.2, 0.25) is 0 Å². The summed E-state index contributed by atoms with van der Waals surface area (Å²) >= 11 is 3.22. The largest absolute Gasteiger partial charge is 0.241 e. The highest BCUT2D eigenvalue weighted by Crippen LogP contribution is 2.20. The highest BCUT2D eigenvalue weighted by atomic mass is 79.9. The predicted octanol–water partition coefficient (Wildman–Crippen LogP) is 3.77. The second-order valence-corrected chi connectivity index (χ2v) is 7.10. The van der Waals surface area contributed by atoms with Crippen molar-refractivity contribution in [3.05, 3.63) is 64.1 Å². The zero-order valence-electron chi connectivity index (χ0n) is 11.0. The molecule has 2 rings (SSSR count). The molecule has 3 nitrogen and oxygen atoms in total. The Balaban J connectivity index is 2.23. The van der Waals surface area contributed by atoms with Crippen LogP contribution in [-0.4, -0.2) is 8.42 Å². The van der Waals surface area contributed by atoms with Crippen LogP contribution in [0.3, 0.4) is 0 Å². The van der Waals surface area contributed by atoms with Gasteiger partial charge in [-0.25, -0.2) is 21.9 Å². The third kappa shape index (κ3) is 3.87. The van der Waals surface area contributed by atoms with Crippen molar-refractivity contribution in [3.63, 3.8) is 0 Å². The van der Waals surface area contributed by atoms with Crippen LogP contribution in [0, 0.1) is 11.6 Å². The first kappa shape index (κ1) is 16.1. The minimum Gasteiger partial charge on any atom is -0.207 e. The van der Waals surface area contributed by atoms with Crippen LogP contribution >= 0.6 is 15.9 Å². The van der Waals surface area contributed by atoms with E-state index < -0.39 is 27.7 Å². The van der Waals surface area contributed by atoms with E-state index in [-0.39, 0.29) is 4.90 Å². The third-order valence-corrected chi connectivity index (χ3v) is 4.98. The Bertz CT molecular complexity index is 748. The van der Waals surface area contributed by atoms with Crippen LogP contribution < -0.4 is 4.72 Å². The summed E-state index contributed by atoms with van der Waals surface area (Å²) in [5.41, 5.74) is 0.342. The lowest BCUT2D eigenvalue weighted by molar-refractivity contribution is 0.504. The number of hydrogen-bond acceptors (Lipinski definition) is 2. The molecule has 2 aromatic carbocycles. The standard InChI is InChI=1S/C14H12BrF2NO2S/c1-9(10-2-7-13(16)14(17)8-10)18-21(19,20)12-5-3-11(15)4-6-12/h2-9,18H,1H3. The Labute approximate surface area is 130 Å². The highest BCUT2D eigenvalue weighted by molar-refractivity contribution is 9.10. The lowest BCUT2D eigenvalue weighted by atomic mass is 10.1. The lowest BCUT2D eigenvalue weighted by Crippen LogP contribution is -2.27. The Hall–Kier alpha value is -1.31. The van der Waals surface area contributed by atoms with Gasteiger partial charge in [-0.3, -0.25) is 0 Å². The molecule has 0 spiro atoms. The van der Waals surface area contributed by atoms with Crippen molar-refractivity contribution in [2.45, 2.75) is 17.9 Å². The molecule has 0 amide bonds. The van der Waals surface area contributed by atoms with Crippen LogP contribution in [0.25, 0.3) is 0 Å². The number of nitrogens with one attached hydrogen (secondary N) is 1. The van der Waals surface area contributed by atoms with Crippen molar-refractivity contribution >= 4 is 26.0 Å². The molecule has 0 aromatic heterocycles. The van der Waals surface area contributed by atoms with E-state index in [4.69, 9.17) is 0 Å². The number of sulfonamides is 1. The van der Waals surface area contributed by atoms with Crippen LogP contribution in [0.15, 0.2) is 51.8 Å².